The van der Waals surface area contributed by atoms with Crippen LogP contribution in [-0.4, -0.2) is 12.1 Å². The number of hydrogen-bond donors (Lipinski definition) is 2. The van der Waals surface area contributed by atoms with Crippen molar-refractivity contribution in [1.29, 1.82) is 0 Å². The van der Waals surface area contributed by atoms with Gasteiger partial charge in [-0.25, -0.2) is 0 Å². The van der Waals surface area contributed by atoms with Gasteiger partial charge in [0.25, 0.3) is 0 Å². The van der Waals surface area contributed by atoms with Crippen molar-refractivity contribution < 1.29 is 4.79 Å². The van der Waals surface area contributed by atoms with Crippen molar-refractivity contribution >= 4 is 18.2 Å². The van der Waals surface area contributed by atoms with Gasteiger partial charge in [0, 0.05) is 12.1 Å². The molecule has 4 rings (SSSR count). The molecule has 22 heavy (non-hydrogen) atoms. The third kappa shape index (κ3) is 2.90. The van der Waals surface area contributed by atoms with Crippen LogP contribution in [0.3, 0.4) is 0 Å². The van der Waals surface area contributed by atoms with Crippen molar-refractivity contribution in [2.24, 2.45) is 5.92 Å². The molecule has 3 heteroatoms. The van der Waals surface area contributed by atoms with Crippen LogP contribution < -0.4 is 21.1 Å². The second-order valence-electron chi connectivity index (χ2n) is 6.96. The third-order valence-electron chi connectivity index (χ3n) is 5.20. The minimum atomic E-state index is -0.0684. The van der Waals surface area contributed by atoms with E-state index in [1.54, 1.807) is 0 Å². The van der Waals surface area contributed by atoms with Gasteiger partial charge < -0.3 is 10.6 Å². The number of benzene rings is 1. The van der Waals surface area contributed by atoms with Crippen LogP contribution in [0.4, 0.5) is 0 Å². The Kier molecular flexibility index (Phi) is 3.65. The quantitative estimate of drug-likeness (QED) is 0.891. The molecule has 1 aromatic rings. The number of nitrogens with one attached hydrogen (secondary N) is 2. The van der Waals surface area contributed by atoms with Crippen LogP contribution in [0, 0.1) is 5.92 Å². The third-order valence-corrected chi connectivity index (χ3v) is 5.20. The summed E-state index contributed by atoms with van der Waals surface area (Å²) >= 11 is 0. The van der Waals surface area contributed by atoms with Crippen molar-refractivity contribution in [3.8, 4) is 0 Å². The first-order valence-corrected chi connectivity index (χ1v) is 8.68. The van der Waals surface area contributed by atoms with E-state index in [2.05, 4.69) is 41.1 Å². The first-order valence-electron chi connectivity index (χ1n) is 8.68. The molecule has 0 radical (unpaired) electrons. The maximum absolute atomic E-state index is 11.9. The number of hydrogen-bond acceptors (Lipinski definition) is 2. The molecule has 1 heterocycles. The first-order chi connectivity index (χ1) is 10.8. The van der Waals surface area contributed by atoms with Crippen LogP contribution in [0.25, 0.3) is 12.3 Å². The fourth-order valence-electron chi connectivity index (χ4n) is 3.67. The van der Waals surface area contributed by atoms with Gasteiger partial charge in [-0.05, 0) is 59.7 Å². The van der Waals surface area contributed by atoms with E-state index in [1.165, 1.54) is 48.1 Å². The Morgan fingerprint density at radius 3 is 2.64 bits per heavy atom. The Morgan fingerprint density at radius 2 is 1.86 bits per heavy atom. The van der Waals surface area contributed by atoms with Gasteiger partial charge in [0.1, 0.15) is 6.17 Å². The number of fused-ring (bicyclic) bond motifs is 1. The zero-order chi connectivity index (χ0) is 14.9. The first kappa shape index (κ1) is 13.9. The van der Waals surface area contributed by atoms with E-state index >= 15 is 0 Å². The zero-order valence-corrected chi connectivity index (χ0v) is 13.0. The smallest absolute Gasteiger partial charge is 0.224 e. The molecule has 2 N–H and O–H groups in total. The van der Waals surface area contributed by atoms with Crippen molar-refractivity contribution in [2.45, 2.75) is 57.0 Å². The van der Waals surface area contributed by atoms with Gasteiger partial charge in [-0.2, -0.15) is 0 Å². The molecule has 1 amide bonds. The fourth-order valence-corrected chi connectivity index (χ4v) is 3.67. The molecule has 2 fully saturated rings. The second-order valence-corrected chi connectivity index (χ2v) is 6.96. The SMILES string of the molecule is O=C(NC1C=c2ccc(C3CCCCC3)cc2=CN1)C1CC1. The minimum absolute atomic E-state index is 0.0684. The molecule has 0 bridgehead atoms. The van der Waals surface area contributed by atoms with Gasteiger partial charge in [0.2, 0.25) is 5.91 Å². The van der Waals surface area contributed by atoms with Crippen LogP contribution in [-0.2, 0) is 4.79 Å². The van der Waals surface area contributed by atoms with E-state index in [-0.39, 0.29) is 18.0 Å². The summed E-state index contributed by atoms with van der Waals surface area (Å²) in [7, 11) is 0. The van der Waals surface area contributed by atoms with Gasteiger partial charge in [-0.3, -0.25) is 4.79 Å². The van der Waals surface area contributed by atoms with Gasteiger partial charge in [0.05, 0.1) is 0 Å². The average molecular weight is 296 g/mol. The Balaban J connectivity index is 1.53. The molecule has 3 nitrogen and oxygen atoms in total. The van der Waals surface area contributed by atoms with Crippen molar-refractivity contribution in [2.75, 3.05) is 0 Å². The number of amides is 1. The molecule has 1 unspecified atom stereocenters. The lowest BCUT2D eigenvalue weighted by molar-refractivity contribution is -0.122. The summed E-state index contributed by atoms with van der Waals surface area (Å²) in [6.45, 7) is 0. The van der Waals surface area contributed by atoms with Gasteiger partial charge in [0.15, 0.2) is 0 Å². The second kappa shape index (κ2) is 5.79. The van der Waals surface area contributed by atoms with E-state index in [9.17, 15) is 4.79 Å². The molecule has 0 saturated heterocycles. The summed E-state index contributed by atoms with van der Waals surface area (Å²) in [5.74, 6) is 1.18. The molecule has 1 aromatic carbocycles. The highest BCUT2D eigenvalue weighted by atomic mass is 16.2. The van der Waals surface area contributed by atoms with Gasteiger partial charge in [-0.1, -0.05) is 31.4 Å². The maximum atomic E-state index is 11.9. The normalized spacial score (nSPS) is 24.5. The summed E-state index contributed by atoms with van der Waals surface area (Å²) < 4.78 is 0. The van der Waals surface area contributed by atoms with Crippen LogP contribution in [0.2, 0.25) is 0 Å². The lowest BCUT2D eigenvalue weighted by Gasteiger charge is -2.23. The zero-order valence-electron chi connectivity index (χ0n) is 13.0. The number of carbonyl (C=O) groups is 1. The molecule has 0 spiro atoms. The van der Waals surface area contributed by atoms with E-state index < -0.39 is 0 Å². The number of rotatable bonds is 3. The molecule has 1 atom stereocenters. The summed E-state index contributed by atoms with van der Waals surface area (Å²) in [5.41, 5.74) is 1.48. The molecule has 2 saturated carbocycles. The molecule has 1 aliphatic heterocycles. The van der Waals surface area contributed by atoms with Crippen LogP contribution in [0.1, 0.15) is 56.4 Å². The summed E-state index contributed by atoms with van der Waals surface area (Å²) in [6, 6.07) is 6.82. The van der Waals surface area contributed by atoms with Gasteiger partial charge >= 0.3 is 0 Å². The summed E-state index contributed by atoms with van der Waals surface area (Å²) in [4.78, 5) is 11.9. The minimum Gasteiger partial charge on any atom is -0.368 e. The topological polar surface area (TPSA) is 41.1 Å². The molecule has 2 aliphatic carbocycles. The van der Waals surface area contributed by atoms with Crippen LogP contribution in [0.5, 0.6) is 0 Å². The summed E-state index contributed by atoms with van der Waals surface area (Å²) in [5, 5.41) is 8.84. The Labute approximate surface area is 131 Å². The monoisotopic (exact) mass is 296 g/mol. The van der Waals surface area contributed by atoms with Crippen molar-refractivity contribution in [3.63, 3.8) is 0 Å². The van der Waals surface area contributed by atoms with Crippen molar-refractivity contribution in [3.05, 3.63) is 34.2 Å². The van der Waals surface area contributed by atoms with E-state index in [1.807, 2.05) is 0 Å². The molecular weight excluding hydrogens is 272 g/mol. The number of carbonyl (C=O) groups excluding carboxylic acids is 1. The van der Waals surface area contributed by atoms with E-state index in [0.717, 1.165) is 18.8 Å². The highest BCUT2D eigenvalue weighted by molar-refractivity contribution is 5.82. The molecule has 116 valence electrons. The lowest BCUT2D eigenvalue weighted by atomic mass is 9.84. The Hall–Kier alpha value is -1.77. The van der Waals surface area contributed by atoms with Crippen LogP contribution >= 0.6 is 0 Å². The Morgan fingerprint density at radius 1 is 1.05 bits per heavy atom. The highest BCUT2D eigenvalue weighted by Crippen LogP contribution is 2.31. The van der Waals surface area contributed by atoms with E-state index in [4.69, 9.17) is 0 Å². The molecular formula is C19H24N2O. The fraction of sp³-hybridized carbons (Fsp3) is 0.526. The van der Waals surface area contributed by atoms with E-state index in [0.29, 0.717) is 0 Å². The molecule has 3 aliphatic rings. The largest absolute Gasteiger partial charge is 0.368 e. The predicted molar refractivity (Wildman–Crippen MR) is 88.2 cm³/mol. The van der Waals surface area contributed by atoms with Crippen molar-refractivity contribution in [1.82, 2.24) is 10.6 Å². The Bertz CT molecular complexity index is 684. The van der Waals surface area contributed by atoms with Crippen LogP contribution in [0.15, 0.2) is 18.2 Å². The van der Waals surface area contributed by atoms with Gasteiger partial charge in [-0.15, -0.1) is 0 Å². The highest BCUT2D eigenvalue weighted by Gasteiger charge is 2.30. The standard InChI is InChI=1S/C19H24N2O/c22-19(14-6-7-14)21-18-11-16-9-8-15(10-17(16)12-20-18)13-4-2-1-3-5-13/h8-14,18,20H,1-7H2,(H,21,22). The predicted octanol–water partition coefficient (Wildman–Crippen LogP) is 1.71. The maximum Gasteiger partial charge on any atom is 0.224 e. The lowest BCUT2D eigenvalue weighted by Crippen LogP contribution is -2.48. The summed E-state index contributed by atoms with van der Waals surface area (Å²) in [6.07, 6.45) is 13.0. The average Bonchev–Trinajstić information content (AvgIpc) is 3.40. The molecule has 0 aromatic heterocycles.